The number of rotatable bonds is 3. The molecule has 0 spiro atoms. The Bertz CT molecular complexity index is 756. The highest BCUT2D eigenvalue weighted by Crippen LogP contribution is 2.30. The minimum Gasteiger partial charge on any atom is -0.457 e. The van der Waals surface area contributed by atoms with Gasteiger partial charge < -0.3 is 14.9 Å². The predicted molar refractivity (Wildman–Crippen MR) is 77.0 cm³/mol. The maximum atomic E-state index is 5.64. The molecule has 8 heteroatoms. The van der Waals surface area contributed by atoms with Gasteiger partial charge in [0.15, 0.2) is 16.6 Å². The van der Waals surface area contributed by atoms with E-state index in [0.29, 0.717) is 12.5 Å². The molecular weight excluding hydrogens is 290 g/mol. The van der Waals surface area contributed by atoms with Crippen molar-refractivity contribution >= 4 is 16.3 Å². The Labute approximate surface area is 124 Å². The monoisotopic (exact) mass is 305 g/mol. The van der Waals surface area contributed by atoms with Crippen LogP contribution in [0.3, 0.4) is 0 Å². The number of hydrogen-bond acceptors (Lipinski definition) is 7. The second-order valence-corrected chi connectivity index (χ2v) is 5.97. The van der Waals surface area contributed by atoms with Crippen molar-refractivity contribution in [2.24, 2.45) is 5.73 Å². The van der Waals surface area contributed by atoms with Gasteiger partial charge in [0.25, 0.3) is 0 Å². The molecule has 0 unspecified atom stereocenters. The molecule has 3 aromatic rings. The van der Waals surface area contributed by atoms with Crippen LogP contribution in [0, 0.1) is 0 Å². The molecule has 1 fully saturated rings. The van der Waals surface area contributed by atoms with E-state index in [4.69, 9.17) is 14.9 Å². The van der Waals surface area contributed by atoms with Crippen LogP contribution < -0.4 is 5.73 Å². The zero-order chi connectivity index (χ0) is 14.2. The summed E-state index contributed by atoms with van der Waals surface area (Å²) in [4.78, 5) is 0.789. The molecule has 0 atom stereocenters. The minimum absolute atomic E-state index is 0.361. The molecule has 21 heavy (non-hydrogen) atoms. The summed E-state index contributed by atoms with van der Waals surface area (Å²) < 4.78 is 12.9. The Morgan fingerprint density at radius 3 is 2.90 bits per heavy atom. The van der Waals surface area contributed by atoms with E-state index in [9.17, 15) is 0 Å². The van der Waals surface area contributed by atoms with Crippen LogP contribution in [0.4, 0.5) is 0 Å². The fourth-order valence-corrected chi connectivity index (χ4v) is 3.35. The Morgan fingerprint density at radius 1 is 1.29 bits per heavy atom. The fraction of sp³-hybridized carbons (Fsp3) is 0.462. The van der Waals surface area contributed by atoms with Gasteiger partial charge in [0.05, 0.1) is 6.54 Å². The van der Waals surface area contributed by atoms with Crippen molar-refractivity contribution in [2.45, 2.75) is 25.3 Å². The SMILES string of the molecule is NCc1ccc(-c2nn3c(C4CCOCC4)nnc3s2)o1. The van der Waals surface area contributed by atoms with Crippen LogP contribution in [-0.4, -0.2) is 33.0 Å². The Balaban J connectivity index is 1.71. The van der Waals surface area contributed by atoms with Crippen molar-refractivity contribution in [3.8, 4) is 10.8 Å². The Morgan fingerprint density at radius 2 is 2.14 bits per heavy atom. The lowest BCUT2D eigenvalue weighted by atomic mass is 10.00. The summed E-state index contributed by atoms with van der Waals surface area (Å²) in [6, 6.07) is 3.76. The smallest absolute Gasteiger partial charge is 0.235 e. The zero-order valence-electron chi connectivity index (χ0n) is 11.4. The summed E-state index contributed by atoms with van der Waals surface area (Å²) in [5.41, 5.74) is 5.57. The summed E-state index contributed by atoms with van der Waals surface area (Å²) in [7, 11) is 0. The van der Waals surface area contributed by atoms with Gasteiger partial charge in [-0.3, -0.25) is 0 Å². The highest BCUT2D eigenvalue weighted by molar-refractivity contribution is 7.19. The van der Waals surface area contributed by atoms with Gasteiger partial charge in [-0.2, -0.15) is 4.52 Å². The van der Waals surface area contributed by atoms with Crippen LogP contribution in [0.2, 0.25) is 0 Å². The summed E-state index contributed by atoms with van der Waals surface area (Å²) >= 11 is 1.47. The van der Waals surface area contributed by atoms with Crippen molar-refractivity contribution < 1.29 is 9.15 Å². The molecule has 0 saturated carbocycles. The molecule has 3 aromatic heterocycles. The van der Waals surface area contributed by atoms with Crippen molar-refractivity contribution in [1.82, 2.24) is 19.8 Å². The third-order valence-corrected chi connectivity index (χ3v) is 4.59. The van der Waals surface area contributed by atoms with E-state index in [1.807, 2.05) is 16.6 Å². The molecule has 2 N–H and O–H groups in total. The molecule has 110 valence electrons. The van der Waals surface area contributed by atoms with Crippen molar-refractivity contribution in [1.29, 1.82) is 0 Å². The Kier molecular flexibility index (Phi) is 3.21. The fourth-order valence-electron chi connectivity index (χ4n) is 2.54. The zero-order valence-corrected chi connectivity index (χ0v) is 12.2. The van der Waals surface area contributed by atoms with Crippen LogP contribution in [0.15, 0.2) is 16.5 Å². The molecular formula is C13H15N5O2S. The van der Waals surface area contributed by atoms with Crippen LogP contribution in [0.25, 0.3) is 15.7 Å². The van der Waals surface area contributed by atoms with Crippen molar-refractivity contribution in [3.63, 3.8) is 0 Å². The van der Waals surface area contributed by atoms with Gasteiger partial charge in [-0.25, -0.2) is 0 Å². The van der Waals surface area contributed by atoms with Gasteiger partial charge >= 0.3 is 0 Å². The van der Waals surface area contributed by atoms with E-state index >= 15 is 0 Å². The van der Waals surface area contributed by atoms with E-state index in [1.165, 1.54) is 11.3 Å². The molecule has 4 rings (SSSR count). The van der Waals surface area contributed by atoms with Gasteiger partial charge in [0, 0.05) is 19.1 Å². The van der Waals surface area contributed by atoms with Gasteiger partial charge in [-0.1, -0.05) is 11.3 Å². The van der Waals surface area contributed by atoms with Crippen LogP contribution >= 0.6 is 11.3 Å². The average Bonchev–Trinajstić information content (AvgIpc) is 3.22. The summed E-state index contributed by atoms with van der Waals surface area (Å²) in [5.74, 6) is 2.76. The first kappa shape index (κ1) is 12.9. The maximum Gasteiger partial charge on any atom is 0.235 e. The first-order valence-electron chi connectivity index (χ1n) is 6.94. The lowest BCUT2D eigenvalue weighted by Crippen LogP contribution is -2.16. The maximum absolute atomic E-state index is 5.64. The van der Waals surface area contributed by atoms with Crippen LogP contribution in [-0.2, 0) is 11.3 Å². The highest BCUT2D eigenvalue weighted by atomic mass is 32.1. The summed E-state index contributed by atoms with van der Waals surface area (Å²) in [5, 5.41) is 13.9. The predicted octanol–water partition coefficient (Wildman–Crippen LogP) is 1.80. The number of nitrogens with two attached hydrogens (primary N) is 1. The van der Waals surface area contributed by atoms with E-state index in [-0.39, 0.29) is 0 Å². The molecule has 0 radical (unpaired) electrons. The van der Waals surface area contributed by atoms with Gasteiger partial charge in [0.2, 0.25) is 4.96 Å². The highest BCUT2D eigenvalue weighted by Gasteiger charge is 2.24. The molecule has 7 nitrogen and oxygen atoms in total. The second-order valence-electron chi connectivity index (χ2n) is 5.02. The molecule has 0 aromatic carbocycles. The van der Waals surface area contributed by atoms with E-state index < -0.39 is 0 Å². The summed E-state index contributed by atoms with van der Waals surface area (Å²) in [6.45, 7) is 1.93. The van der Waals surface area contributed by atoms with Crippen LogP contribution in [0.1, 0.15) is 30.3 Å². The topological polar surface area (TPSA) is 91.5 Å². The number of fused-ring (bicyclic) bond motifs is 1. The molecule has 0 amide bonds. The number of hydrogen-bond donors (Lipinski definition) is 1. The lowest BCUT2D eigenvalue weighted by molar-refractivity contribution is 0.0832. The van der Waals surface area contributed by atoms with Gasteiger partial charge in [-0.05, 0) is 25.0 Å². The lowest BCUT2D eigenvalue weighted by Gasteiger charge is -2.19. The first-order valence-corrected chi connectivity index (χ1v) is 7.76. The number of furan rings is 1. The van der Waals surface area contributed by atoms with E-state index in [2.05, 4.69) is 15.3 Å². The van der Waals surface area contributed by atoms with Gasteiger partial charge in [-0.15, -0.1) is 15.3 Å². The molecule has 0 bridgehead atoms. The van der Waals surface area contributed by atoms with Crippen molar-refractivity contribution in [3.05, 3.63) is 23.7 Å². The molecule has 1 saturated heterocycles. The van der Waals surface area contributed by atoms with E-state index in [1.54, 1.807) is 0 Å². The molecule has 0 aliphatic carbocycles. The molecule has 1 aliphatic rings. The minimum atomic E-state index is 0.361. The van der Waals surface area contributed by atoms with Crippen molar-refractivity contribution in [2.75, 3.05) is 13.2 Å². The largest absolute Gasteiger partial charge is 0.457 e. The average molecular weight is 305 g/mol. The quantitative estimate of drug-likeness (QED) is 0.793. The number of nitrogens with zero attached hydrogens (tertiary/aromatic N) is 4. The molecule has 4 heterocycles. The third kappa shape index (κ3) is 2.25. The summed E-state index contributed by atoms with van der Waals surface area (Å²) in [6.07, 6.45) is 1.93. The van der Waals surface area contributed by atoms with E-state index in [0.717, 1.165) is 53.4 Å². The Hall–Kier alpha value is -1.77. The standard InChI is InChI=1S/C13H15N5O2S/c14-7-9-1-2-10(20-9)12-17-18-11(15-16-13(18)21-12)8-3-5-19-6-4-8/h1-2,8H,3-7,14H2. The van der Waals surface area contributed by atoms with Gasteiger partial charge in [0.1, 0.15) is 5.76 Å². The number of aromatic nitrogens is 4. The third-order valence-electron chi connectivity index (χ3n) is 3.68. The molecule has 1 aliphatic heterocycles. The first-order chi connectivity index (χ1) is 10.3. The normalized spacial score (nSPS) is 16.8. The second kappa shape index (κ2) is 5.21. The van der Waals surface area contributed by atoms with Crippen LogP contribution in [0.5, 0.6) is 0 Å². The number of ether oxygens (including phenoxy) is 1.